The highest BCUT2D eigenvalue weighted by Gasteiger charge is 2.56. The molecule has 2 amide bonds. The number of amides is 2. The van der Waals surface area contributed by atoms with Gasteiger partial charge in [0.1, 0.15) is 0 Å². The molecular weight excluding hydrogens is 520 g/mol. The Morgan fingerprint density at radius 3 is 2.61 bits per heavy atom. The summed E-state index contributed by atoms with van der Waals surface area (Å²) in [6.07, 6.45) is 12.5. The van der Waals surface area contributed by atoms with Crippen LogP contribution in [-0.4, -0.2) is 88.2 Å². The van der Waals surface area contributed by atoms with E-state index in [1.165, 1.54) is 10.6 Å². The number of carbonyl (C=O) groups excluding carboxylic acids is 1. The lowest BCUT2D eigenvalue weighted by Crippen LogP contribution is -2.67. The van der Waals surface area contributed by atoms with Gasteiger partial charge in [0.15, 0.2) is 0 Å². The summed E-state index contributed by atoms with van der Waals surface area (Å²) >= 11 is 0. The maximum absolute atomic E-state index is 14.1. The van der Waals surface area contributed by atoms with Gasteiger partial charge in [-0.3, -0.25) is 9.36 Å². The van der Waals surface area contributed by atoms with Crippen LogP contribution in [0.2, 0.25) is 0 Å². The topological polar surface area (TPSA) is 97.1 Å². The molecule has 2 aromatic rings. The minimum Gasteiger partial charge on any atom is -0.387 e. The highest BCUT2D eigenvalue weighted by Crippen LogP contribution is 2.48. The number of aliphatic hydroxyl groups is 1. The Labute approximate surface area is 241 Å². The van der Waals surface area contributed by atoms with Crippen molar-refractivity contribution < 1.29 is 19.4 Å². The maximum Gasteiger partial charge on any atom is 0.320 e. The normalized spacial score (nSPS) is 29.6. The number of nitrogens with zero attached hydrogens (tertiary/aromatic N) is 4. The highest BCUT2D eigenvalue weighted by molar-refractivity contribution is 5.75. The van der Waals surface area contributed by atoms with Gasteiger partial charge >= 0.3 is 6.03 Å². The van der Waals surface area contributed by atoms with Crippen molar-refractivity contribution >= 4 is 6.03 Å². The Balaban J connectivity index is 1.24. The third-order valence-electron chi connectivity index (χ3n) is 9.79. The predicted octanol–water partition coefficient (Wildman–Crippen LogP) is 3.49. The summed E-state index contributed by atoms with van der Waals surface area (Å²) in [5.41, 5.74) is -0.684. The van der Waals surface area contributed by atoms with Crippen LogP contribution in [0.15, 0.2) is 71.8 Å². The van der Waals surface area contributed by atoms with Crippen LogP contribution in [0, 0.1) is 10.8 Å². The molecule has 9 nitrogen and oxygen atoms in total. The van der Waals surface area contributed by atoms with Gasteiger partial charge in [-0.25, -0.2) is 9.78 Å². The molecule has 4 aliphatic rings. The Morgan fingerprint density at radius 2 is 1.88 bits per heavy atom. The van der Waals surface area contributed by atoms with Gasteiger partial charge in [0.05, 0.1) is 43.4 Å². The second-order valence-corrected chi connectivity index (χ2v) is 12.3. The van der Waals surface area contributed by atoms with Crippen LogP contribution >= 0.6 is 0 Å². The fourth-order valence-corrected chi connectivity index (χ4v) is 7.12. The minimum atomic E-state index is -1.18. The summed E-state index contributed by atoms with van der Waals surface area (Å²) in [6.45, 7) is 5.75. The first-order chi connectivity index (χ1) is 19.8. The van der Waals surface area contributed by atoms with E-state index in [0.717, 1.165) is 12.0 Å². The molecule has 4 heterocycles. The SMILES string of the molecule is CC1([C@@H]2COCCN2C(=O)N2CCC(O)(Cn3cnc(-c4ccccc4)cc3=O)C3(CCOCC3)C2)C=CC=CC1. The summed E-state index contributed by atoms with van der Waals surface area (Å²) in [4.78, 5) is 35.8. The number of ether oxygens (including phenoxy) is 2. The Hall–Kier alpha value is -3.27. The van der Waals surface area contributed by atoms with Crippen molar-refractivity contribution in [2.75, 3.05) is 46.1 Å². The van der Waals surface area contributed by atoms with Crippen LogP contribution in [0.3, 0.4) is 0 Å². The fourth-order valence-electron chi connectivity index (χ4n) is 7.12. The lowest BCUT2D eigenvalue weighted by Gasteiger charge is -2.56. The molecule has 1 aromatic heterocycles. The minimum absolute atomic E-state index is 0.00134. The average molecular weight is 561 g/mol. The molecule has 0 radical (unpaired) electrons. The number of aromatic nitrogens is 2. The largest absolute Gasteiger partial charge is 0.387 e. The van der Waals surface area contributed by atoms with Gasteiger partial charge in [0.2, 0.25) is 0 Å². The molecule has 3 saturated heterocycles. The van der Waals surface area contributed by atoms with E-state index in [1.54, 1.807) is 6.33 Å². The summed E-state index contributed by atoms with van der Waals surface area (Å²) in [7, 11) is 0. The molecule has 3 aliphatic heterocycles. The molecule has 218 valence electrons. The molecular formula is C32H40N4O5. The zero-order valence-electron chi connectivity index (χ0n) is 23.8. The molecule has 6 rings (SSSR count). The van der Waals surface area contributed by atoms with Gasteiger partial charge in [0, 0.05) is 55.3 Å². The molecule has 41 heavy (non-hydrogen) atoms. The second kappa shape index (κ2) is 11.2. The van der Waals surface area contributed by atoms with Crippen molar-refractivity contribution in [1.82, 2.24) is 19.4 Å². The van der Waals surface area contributed by atoms with E-state index >= 15 is 0 Å². The van der Waals surface area contributed by atoms with Gasteiger partial charge in [0.25, 0.3) is 5.56 Å². The zero-order chi connectivity index (χ0) is 28.5. The summed E-state index contributed by atoms with van der Waals surface area (Å²) in [5, 5.41) is 12.3. The number of piperidine rings is 1. The highest BCUT2D eigenvalue weighted by atomic mass is 16.5. The molecule has 1 aromatic carbocycles. The van der Waals surface area contributed by atoms with Gasteiger partial charge in [-0.2, -0.15) is 0 Å². The smallest absolute Gasteiger partial charge is 0.320 e. The Morgan fingerprint density at radius 1 is 1.07 bits per heavy atom. The third kappa shape index (κ3) is 5.27. The standard InChI is InChI=1S/C32H40N4O5/c1-30(10-6-3-7-11-30)27-21-41-19-16-36(27)29(38)34-15-12-32(39,31(22-34)13-17-40-18-14-31)23-35-24-33-26(20-28(35)37)25-8-4-2-5-9-25/h2-10,20,24,27,39H,11-19,21-23H2,1H3/t27-,30?,32?/m0/s1. The Bertz CT molecular complexity index is 1370. The van der Waals surface area contributed by atoms with Crippen molar-refractivity contribution in [3.63, 3.8) is 0 Å². The number of hydrogen-bond donors (Lipinski definition) is 1. The van der Waals surface area contributed by atoms with Gasteiger partial charge in [-0.1, -0.05) is 61.6 Å². The monoisotopic (exact) mass is 560 g/mol. The second-order valence-electron chi connectivity index (χ2n) is 12.3. The van der Waals surface area contributed by atoms with Crippen molar-refractivity contribution in [2.45, 2.75) is 50.8 Å². The van der Waals surface area contributed by atoms with Crippen LogP contribution in [0.25, 0.3) is 11.3 Å². The Kier molecular flexibility index (Phi) is 7.61. The summed E-state index contributed by atoms with van der Waals surface area (Å²) < 4.78 is 13.1. The van der Waals surface area contributed by atoms with Crippen molar-refractivity contribution in [2.24, 2.45) is 10.8 Å². The lowest BCUT2D eigenvalue weighted by molar-refractivity contribution is -0.175. The van der Waals surface area contributed by atoms with E-state index < -0.39 is 11.0 Å². The van der Waals surface area contributed by atoms with E-state index in [4.69, 9.17) is 9.47 Å². The number of morpholine rings is 1. The molecule has 0 bridgehead atoms. The summed E-state index contributed by atoms with van der Waals surface area (Å²) in [6, 6.07) is 11.1. The molecule has 1 spiro atoms. The quantitative estimate of drug-likeness (QED) is 0.615. The van der Waals surface area contributed by atoms with Gasteiger partial charge < -0.3 is 24.4 Å². The van der Waals surface area contributed by atoms with E-state index in [1.807, 2.05) is 46.2 Å². The number of carbonyl (C=O) groups is 1. The number of benzene rings is 1. The van der Waals surface area contributed by atoms with E-state index in [2.05, 4.69) is 30.1 Å². The van der Waals surface area contributed by atoms with Crippen LogP contribution in [-0.2, 0) is 16.0 Å². The molecule has 1 aliphatic carbocycles. The predicted molar refractivity (Wildman–Crippen MR) is 155 cm³/mol. The number of urea groups is 1. The van der Waals surface area contributed by atoms with Crippen LogP contribution < -0.4 is 5.56 Å². The number of rotatable bonds is 4. The lowest BCUT2D eigenvalue weighted by atomic mass is 9.63. The number of hydrogen-bond acceptors (Lipinski definition) is 6. The van der Waals surface area contributed by atoms with Crippen molar-refractivity contribution in [3.05, 3.63) is 77.4 Å². The van der Waals surface area contributed by atoms with Crippen LogP contribution in [0.5, 0.6) is 0 Å². The number of allylic oxidation sites excluding steroid dienone is 3. The molecule has 3 fully saturated rings. The van der Waals surface area contributed by atoms with Crippen molar-refractivity contribution in [3.8, 4) is 11.3 Å². The van der Waals surface area contributed by atoms with E-state index in [-0.39, 0.29) is 29.6 Å². The van der Waals surface area contributed by atoms with Crippen LogP contribution in [0.1, 0.15) is 32.6 Å². The van der Waals surface area contributed by atoms with E-state index in [9.17, 15) is 14.7 Å². The van der Waals surface area contributed by atoms with Crippen molar-refractivity contribution in [1.29, 1.82) is 0 Å². The zero-order valence-corrected chi connectivity index (χ0v) is 23.8. The summed E-state index contributed by atoms with van der Waals surface area (Å²) in [5.74, 6) is 0. The molecule has 0 saturated carbocycles. The maximum atomic E-state index is 14.1. The first-order valence-corrected chi connectivity index (χ1v) is 14.7. The number of likely N-dealkylation sites (tertiary alicyclic amines) is 1. The van der Waals surface area contributed by atoms with Gasteiger partial charge in [-0.15, -0.1) is 0 Å². The first kappa shape index (κ1) is 27.9. The van der Waals surface area contributed by atoms with Crippen LogP contribution in [0.4, 0.5) is 4.79 Å². The van der Waals surface area contributed by atoms with Gasteiger partial charge in [-0.05, 0) is 25.7 Å². The fraction of sp³-hybridized carbons (Fsp3) is 0.531. The first-order valence-electron chi connectivity index (χ1n) is 14.7. The molecule has 1 N–H and O–H groups in total. The molecule has 3 atom stereocenters. The molecule has 2 unspecified atom stereocenters. The van der Waals surface area contributed by atoms with E-state index in [0.29, 0.717) is 71.0 Å². The average Bonchev–Trinajstić information content (AvgIpc) is 3.01. The third-order valence-corrected chi connectivity index (χ3v) is 9.79. The molecule has 9 heteroatoms.